The van der Waals surface area contributed by atoms with Gasteiger partial charge in [-0.2, -0.15) is 0 Å². The highest BCUT2D eigenvalue weighted by Gasteiger charge is 2.20. The summed E-state index contributed by atoms with van der Waals surface area (Å²) in [5.41, 5.74) is 0. The smallest absolute Gasteiger partial charge is 0.244 e. The monoisotopic (exact) mass is 296 g/mol. The molecular formula is C15H28N4O2. The quantitative estimate of drug-likeness (QED) is 0.594. The van der Waals surface area contributed by atoms with Crippen LogP contribution in [0.15, 0.2) is 4.99 Å². The standard InChI is InChI=1S/C15H28N4O2/c1-3-16-15(18(2)11-13-6-9-21-12-13)17-10-14(20)19-7-4-5-8-19/h13H,3-12H2,1-2H3,(H,16,17). The Hall–Kier alpha value is -1.30. The van der Waals surface area contributed by atoms with Crippen LogP contribution in [0.3, 0.4) is 0 Å². The van der Waals surface area contributed by atoms with Crippen molar-refractivity contribution in [1.82, 2.24) is 15.1 Å². The zero-order valence-corrected chi connectivity index (χ0v) is 13.3. The lowest BCUT2D eigenvalue weighted by molar-refractivity contribution is -0.128. The second-order valence-corrected chi connectivity index (χ2v) is 5.87. The zero-order chi connectivity index (χ0) is 15.1. The molecule has 120 valence electrons. The number of guanidine groups is 1. The average molecular weight is 296 g/mol. The van der Waals surface area contributed by atoms with E-state index in [0.717, 1.165) is 64.6 Å². The Balaban J connectivity index is 1.86. The molecule has 0 spiro atoms. The predicted molar refractivity (Wildman–Crippen MR) is 83.3 cm³/mol. The summed E-state index contributed by atoms with van der Waals surface area (Å²) in [7, 11) is 2.03. The number of nitrogens with zero attached hydrogens (tertiary/aromatic N) is 3. The molecule has 21 heavy (non-hydrogen) atoms. The molecule has 0 aromatic carbocycles. The molecule has 0 aromatic rings. The van der Waals surface area contributed by atoms with E-state index in [-0.39, 0.29) is 12.5 Å². The highest BCUT2D eigenvalue weighted by molar-refractivity contribution is 5.85. The summed E-state index contributed by atoms with van der Waals surface area (Å²) in [6.07, 6.45) is 3.35. The first kappa shape index (κ1) is 16.1. The van der Waals surface area contributed by atoms with Gasteiger partial charge in [0.1, 0.15) is 6.54 Å². The minimum absolute atomic E-state index is 0.139. The van der Waals surface area contributed by atoms with Gasteiger partial charge in [0.05, 0.1) is 6.61 Å². The van der Waals surface area contributed by atoms with E-state index in [9.17, 15) is 4.79 Å². The van der Waals surface area contributed by atoms with Gasteiger partial charge in [0.15, 0.2) is 5.96 Å². The Bertz CT molecular complexity index is 361. The number of likely N-dealkylation sites (tertiary alicyclic amines) is 1. The topological polar surface area (TPSA) is 57.2 Å². The van der Waals surface area contributed by atoms with Crippen molar-refractivity contribution in [2.45, 2.75) is 26.2 Å². The zero-order valence-electron chi connectivity index (χ0n) is 13.3. The summed E-state index contributed by atoms with van der Waals surface area (Å²) in [6.45, 7) is 7.49. The van der Waals surface area contributed by atoms with Crippen LogP contribution < -0.4 is 5.32 Å². The molecule has 2 rings (SSSR count). The first-order chi connectivity index (χ1) is 10.2. The fourth-order valence-electron chi connectivity index (χ4n) is 2.88. The van der Waals surface area contributed by atoms with Crippen molar-refractivity contribution in [3.63, 3.8) is 0 Å². The van der Waals surface area contributed by atoms with Gasteiger partial charge in [-0.25, -0.2) is 4.99 Å². The number of amides is 1. The number of ether oxygens (including phenoxy) is 1. The van der Waals surface area contributed by atoms with Crippen LogP contribution in [0, 0.1) is 5.92 Å². The molecule has 0 radical (unpaired) electrons. The van der Waals surface area contributed by atoms with Crippen LogP contribution in [0.25, 0.3) is 0 Å². The van der Waals surface area contributed by atoms with E-state index < -0.39 is 0 Å². The summed E-state index contributed by atoms with van der Waals surface area (Å²) in [6, 6.07) is 0. The van der Waals surface area contributed by atoms with Crippen molar-refractivity contribution >= 4 is 11.9 Å². The van der Waals surface area contributed by atoms with Crippen molar-refractivity contribution in [2.24, 2.45) is 10.9 Å². The first-order valence-corrected chi connectivity index (χ1v) is 8.05. The van der Waals surface area contributed by atoms with Gasteiger partial charge >= 0.3 is 0 Å². The van der Waals surface area contributed by atoms with Crippen molar-refractivity contribution in [1.29, 1.82) is 0 Å². The summed E-state index contributed by atoms with van der Waals surface area (Å²) in [5, 5.41) is 3.27. The fraction of sp³-hybridized carbons (Fsp3) is 0.867. The summed E-state index contributed by atoms with van der Waals surface area (Å²) >= 11 is 0. The van der Waals surface area contributed by atoms with Crippen LogP contribution in [-0.4, -0.2) is 74.7 Å². The Morgan fingerprint density at radius 1 is 1.43 bits per heavy atom. The van der Waals surface area contributed by atoms with Crippen LogP contribution in [0.1, 0.15) is 26.2 Å². The van der Waals surface area contributed by atoms with Gasteiger partial charge in [-0.15, -0.1) is 0 Å². The van der Waals surface area contributed by atoms with E-state index in [1.54, 1.807) is 0 Å². The molecule has 6 heteroatoms. The number of carbonyl (C=O) groups is 1. The molecule has 2 fully saturated rings. The van der Waals surface area contributed by atoms with Crippen LogP contribution in [0.4, 0.5) is 0 Å². The van der Waals surface area contributed by atoms with Gasteiger partial charge in [0, 0.05) is 45.8 Å². The van der Waals surface area contributed by atoms with Gasteiger partial charge in [-0.05, 0) is 26.2 Å². The van der Waals surface area contributed by atoms with Crippen molar-refractivity contribution in [3.05, 3.63) is 0 Å². The van der Waals surface area contributed by atoms with E-state index in [1.165, 1.54) is 0 Å². The number of hydrogen-bond donors (Lipinski definition) is 1. The number of nitrogens with one attached hydrogen (secondary N) is 1. The number of carbonyl (C=O) groups excluding carboxylic acids is 1. The third-order valence-corrected chi connectivity index (χ3v) is 4.08. The Morgan fingerprint density at radius 2 is 2.19 bits per heavy atom. The third kappa shape index (κ3) is 4.88. The normalized spacial score (nSPS) is 22.7. The highest BCUT2D eigenvalue weighted by Crippen LogP contribution is 2.13. The molecule has 0 bridgehead atoms. The highest BCUT2D eigenvalue weighted by atomic mass is 16.5. The third-order valence-electron chi connectivity index (χ3n) is 4.08. The molecule has 2 heterocycles. The van der Waals surface area contributed by atoms with E-state index in [2.05, 4.69) is 15.2 Å². The van der Waals surface area contributed by atoms with Gasteiger partial charge < -0.3 is 19.9 Å². The fourth-order valence-corrected chi connectivity index (χ4v) is 2.88. The number of rotatable bonds is 5. The summed E-state index contributed by atoms with van der Waals surface area (Å²) in [4.78, 5) is 20.6. The first-order valence-electron chi connectivity index (χ1n) is 8.05. The average Bonchev–Trinajstić information content (AvgIpc) is 3.15. The van der Waals surface area contributed by atoms with Gasteiger partial charge in [-0.1, -0.05) is 0 Å². The molecular weight excluding hydrogens is 268 g/mol. The largest absolute Gasteiger partial charge is 0.381 e. The summed E-state index contributed by atoms with van der Waals surface area (Å²) < 4.78 is 5.42. The van der Waals surface area contributed by atoms with E-state index in [4.69, 9.17) is 4.74 Å². The van der Waals surface area contributed by atoms with Crippen LogP contribution in [0.5, 0.6) is 0 Å². The molecule has 0 aliphatic carbocycles. The molecule has 1 unspecified atom stereocenters. The maximum atomic E-state index is 12.1. The maximum absolute atomic E-state index is 12.1. The van der Waals surface area contributed by atoms with E-state index in [0.29, 0.717) is 5.92 Å². The maximum Gasteiger partial charge on any atom is 0.244 e. The van der Waals surface area contributed by atoms with Crippen molar-refractivity contribution < 1.29 is 9.53 Å². The van der Waals surface area contributed by atoms with Crippen molar-refractivity contribution in [2.75, 3.05) is 53.0 Å². The minimum atomic E-state index is 0.139. The molecule has 2 aliphatic rings. The van der Waals surface area contributed by atoms with Gasteiger partial charge in [0.25, 0.3) is 0 Å². The van der Waals surface area contributed by atoms with Crippen molar-refractivity contribution in [3.8, 4) is 0 Å². The Morgan fingerprint density at radius 3 is 2.81 bits per heavy atom. The SMILES string of the molecule is CCNC(=NCC(=O)N1CCCC1)N(C)CC1CCOC1. The molecule has 0 aromatic heterocycles. The summed E-state index contributed by atoms with van der Waals surface area (Å²) in [5.74, 6) is 1.52. The lowest BCUT2D eigenvalue weighted by Crippen LogP contribution is -2.42. The molecule has 0 saturated carbocycles. The van der Waals surface area contributed by atoms with Gasteiger partial charge in [-0.3, -0.25) is 4.79 Å². The second kappa shape index (κ2) is 8.22. The molecule has 1 atom stereocenters. The van der Waals surface area contributed by atoms with E-state index >= 15 is 0 Å². The van der Waals surface area contributed by atoms with Crippen LogP contribution in [-0.2, 0) is 9.53 Å². The number of aliphatic imine (C=N–C) groups is 1. The Kier molecular flexibility index (Phi) is 6.29. The molecule has 2 aliphatic heterocycles. The molecule has 1 N–H and O–H groups in total. The lowest BCUT2D eigenvalue weighted by atomic mass is 10.1. The molecule has 6 nitrogen and oxygen atoms in total. The number of hydrogen-bond acceptors (Lipinski definition) is 3. The van der Waals surface area contributed by atoms with Gasteiger partial charge in [0.2, 0.25) is 5.91 Å². The predicted octanol–water partition coefficient (Wildman–Crippen LogP) is 0.543. The molecule has 1 amide bonds. The molecule has 2 saturated heterocycles. The second-order valence-electron chi connectivity index (χ2n) is 5.87. The van der Waals surface area contributed by atoms with Crippen LogP contribution in [0.2, 0.25) is 0 Å². The lowest BCUT2D eigenvalue weighted by Gasteiger charge is -2.24. The van der Waals surface area contributed by atoms with Crippen LogP contribution >= 0.6 is 0 Å². The Labute approximate surface area is 127 Å². The minimum Gasteiger partial charge on any atom is -0.381 e. The van der Waals surface area contributed by atoms with E-state index in [1.807, 2.05) is 18.9 Å².